The van der Waals surface area contributed by atoms with Crippen molar-refractivity contribution in [1.82, 2.24) is 9.80 Å². The van der Waals surface area contributed by atoms with Crippen molar-refractivity contribution >= 4 is 11.8 Å². The minimum absolute atomic E-state index is 0.121. The molecule has 0 bridgehead atoms. The molecule has 4 heteroatoms. The highest BCUT2D eigenvalue weighted by Crippen LogP contribution is 2.16. The monoisotopic (exact) mass is 504 g/mol. The smallest absolute Gasteiger partial charge is 0.223 e. The van der Waals surface area contributed by atoms with Crippen LogP contribution in [0, 0.1) is 0 Å². The average molecular weight is 505 g/mol. The summed E-state index contributed by atoms with van der Waals surface area (Å²) in [5.74, 6) is 0.242. The molecule has 0 aliphatic carbocycles. The summed E-state index contributed by atoms with van der Waals surface area (Å²) in [5.41, 5.74) is 4.46. The van der Waals surface area contributed by atoms with Gasteiger partial charge in [-0.2, -0.15) is 0 Å². The quantitative estimate of drug-likeness (QED) is 0.184. The molecule has 0 aromatic heterocycles. The largest absolute Gasteiger partial charge is 0.334 e. The van der Waals surface area contributed by atoms with Crippen molar-refractivity contribution in [3.05, 3.63) is 144 Å². The second-order valence-corrected chi connectivity index (χ2v) is 9.65. The summed E-state index contributed by atoms with van der Waals surface area (Å²) in [6.07, 6.45) is 2.25. The van der Waals surface area contributed by atoms with E-state index in [1.807, 2.05) is 82.6 Å². The molecule has 0 N–H and O–H groups in total. The number of rotatable bonds is 13. The third kappa shape index (κ3) is 8.74. The van der Waals surface area contributed by atoms with Gasteiger partial charge in [-0.3, -0.25) is 9.59 Å². The molecule has 4 rings (SSSR count). The lowest BCUT2D eigenvalue weighted by molar-refractivity contribution is -0.134. The topological polar surface area (TPSA) is 40.6 Å². The Balaban J connectivity index is 1.32. The highest BCUT2D eigenvalue weighted by molar-refractivity contribution is 5.77. The summed E-state index contributed by atoms with van der Waals surface area (Å²) in [6.45, 7) is 2.32. The molecular weight excluding hydrogens is 468 g/mol. The predicted octanol–water partition coefficient (Wildman–Crippen LogP) is 7.00. The molecule has 38 heavy (non-hydrogen) atoms. The van der Waals surface area contributed by atoms with E-state index in [1.165, 1.54) is 0 Å². The van der Waals surface area contributed by atoms with Crippen molar-refractivity contribution in [3.8, 4) is 0 Å². The van der Waals surface area contributed by atoms with Crippen molar-refractivity contribution in [2.75, 3.05) is 0 Å². The van der Waals surface area contributed by atoms with E-state index in [9.17, 15) is 9.59 Å². The van der Waals surface area contributed by atoms with Crippen LogP contribution in [0.15, 0.2) is 121 Å². The van der Waals surface area contributed by atoms with Crippen LogP contribution in [0.5, 0.6) is 0 Å². The van der Waals surface area contributed by atoms with Crippen LogP contribution in [0.25, 0.3) is 0 Å². The van der Waals surface area contributed by atoms with Crippen LogP contribution >= 0.6 is 0 Å². The number of unbranched alkanes of at least 4 members (excludes halogenated alkanes) is 1. The summed E-state index contributed by atoms with van der Waals surface area (Å²) in [4.78, 5) is 30.3. The Morgan fingerprint density at radius 3 is 0.868 bits per heavy atom. The first-order valence-electron chi connectivity index (χ1n) is 13.4. The van der Waals surface area contributed by atoms with Gasteiger partial charge in [0.15, 0.2) is 0 Å². The number of benzene rings is 4. The Morgan fingerprint density at radius 2 is 0.632 bits per heavy atom. The highest BCUT2D eigenvalue weighted by Gasteiger charge is 2.17. The Morgan fingerprint density at radius 1 is 0.395 bits per heavy atom. The number of carbonyl (C=O) groups excluding carboxylic acids is 2. The zero-order chi connectivity index (χ0) is 26.4. The fourth-order valence-corrected chi connectivity index (χ4v) is 4.55. The summed E-state index contributed by atoms with van der Waals surface area (Å²) in [7, 11) is 0. The lowest BCUT2D eigenvalue weighted by atomic mass is 10.1. The molecule has 194 valence electrons. The van der Waals surface area contributed by atoms with E-state index in [2.05, 4.69) is 48.5 Å². The van der Waals surface area contributed by atoms with Crippen LogP contribution in [0.1, 0.15) is 47.9 Å². The summed E-state index contributed by atoms with van der Waals surface area (Å²) in [6, 6.07) is 40.4. The van der Waals surface area contributed by atoms with Crippen LogP contribution < -0.4 is 0 Å². The molecule has 2 amide bonds. The summed E-state index contributed by atoms with van der Waals surface area (Å²) >= 11 is 0. The van der Waals surface area contributed by atoms with Gasteiger partial charge in [0.2, 0.25) is 11.8 Å². The SMILES string of the molecule is O=C(CCCCC(=O)N(Cc1ccccc1)Cc1ccccc1)N(Cc1ccccc1)Cc1ccccc1. The second-order valence-electron chi connectivity index (χ2n) is 9.65. The molecule has 0 saturated heterocycles. The Bertz CT molecular complexity index is 1060. The third-order valence-electron chi connectivity index (χ3n) is 6.60. The van der Waals surface area contributed by atoms with E-state index < -0.39 is 0 Å². The molecule has 0 atom stereocenters. The summed E-state index contributed by atoms with van der Waals surface area (Å²) < 4.78 is 0. The van der Waals surface area contributed by atoms with E-state index >= 15 is 0 Å². The van der Waals surface area contributed by atoms with Gasteiger partial charge in [-0.25, -0.2) is 0 Å². The molecule has 0 aliphatic heterocycles. The third-order valence-corrected chi connectivity index (χ3v) is 6.60. The molecule has 0 fully saturated rings. The highest BCUT2D eigenvalue weighted by atomic mass is 16.2. The van der Waals surface area contributed by atoms with Gasteiger partial charge in [0.1, 0.15) is 0 Å². The van der Waals surface area contributed by atoms with E-state index in [1.54, 1.807) is 0 Å². The van der Waals surface area contributed by atoms with Crippen LogP contribution in [-0.2, 0) is 35.8 Å². The summed E-state index contributed by atoms with van der Waals surface area (Å²) in [5, 5.41) is 0. The average Bonchev–Trinajstić information content (AvgIpc) is 2.96. The lowest BCUT2D eigenvalue weighted by Crippen LogP contribution is -2.31. The van der Waals surface area contributed by atoms with Crippen LogP contribution in [0.4, 0.5) is 0 Å². The minimum atomic E-state index is 0.121. The maximum atomic E-state index is 13.2. The normalized spacial score (nSPS) is 10.6. The van der Waals surface area contributed by atoms with Crippen molar-refractivity contribution in [3.63, 3.8) is 0 Å². The van der Waals surface area contributed by atoms with E-state index in [4.69, 9.17) is 0 Å². The first-order chi connectivity index (χ1) is 18.7. The molecule has 4 aromatic carbocycles. The number of hydrogen-bond acceptors (Lipinski definition) is 2. The van der Waals surface area contributed by atoms with Gasteiger partial charge >= 0.3 is 0 Å². The zero-order valence-electron chi connectivity index (χ0n) is 21.9. The molecule has 0 saturated carbocycles. The predicted molar refractivity (Wildman–Crippen MR) is 153 cm³/mol. The lowest BCUT2D eigenvalue weighted by Gasteiger charge is -2.24. The van der Waals surface area contributed by atoms with Crippen molar-refractivity contribution < 1.29 is 9.59 Å². The van der Waals surface area contributed by atoms with Crippen LogP contribution in [-0.4, -0.2) is 21.6 Å². The number of hydrogen-bond donors (Lipinski definition) is 0. The molecule has 0 aliphatic rings. The second kappa shape index (κ2) is 14.5. The van der Waals surface area contributed by atoms with Gasteiger partial charge < -0.3 is 9.80 Å². The standard InChI is InChI=1S/C34H36N2O2/c37-33(35(25-29-15-5-1-6-16-29)26-30-17-7-2-8-18-30)23-13-14-24-34(38)36(27-31-19-9-3-10-20-31)28-32-21-11-4-12-22-32/h1-12,15-22H,13-14,23-28H2. The first kappa shape index (κ1) is 26.9. The fourth-order valence-electron chi connectivity index (χ4n) is 4.55. The van der Waals surface area contributed by atoms with Crippen LogP contribution in [0.2, 0.25) is 0 Å². The molecule has 0 radical (unpaired) electrons. The van der Waals surface area contributed by atoms with Gasteiger partial charge in [0.25, 0.3) is 0 Å². The van der Waals surface area contributed by atoms with Crippen molar-refractivity contribution in [1.29, 1.82) is 0 Å². The Hall–Kier alpha value is -4.18. The first-order valence-corrected chi connectivity index (χ1v) is 13.4. The molecular formula is C34H36N2O2. The maximum Gasteiger partial charge on any atom is 0.223 e. The molecule has 0 heterocycles. The van der Waals surface area contributed by atoms with Gasteiger partial charge in [-0.1, -0.05) is 121 Å². The van der Waals surface area contributed by atoms with Gasteiger partial charge in [-0.15, -0.1) is 0 Å². The number of carbonyl (C=O) groups is 2. The molecule has 4 aromatic rings. The molecule has 4 nitrogen and oxygen atoms in total. The minimum Gasteiger partial charge on any atom is -0.334 e. The maximum absolute atomic E-state index is 13.2. The molecule has 0 unspecified atom stereocenters. The Kier molecular flexibility index (Phi) is 10.3. The van der Waals surface area contributed by atoms with Crippen molar-refractivity contribution in [2.24, 2.45) is 0 Å². The number of amides is 2. The van der Waals surface area contributed by atoms with Crippen molar-refractivity contribution in [2.45, 2.75) is 51.9 Å². The number of nitrogens with zero attached hydrogens (tertiary/aromatic N) is 2. The van der Waals surface area contributed by atoms with E-state index in [0.717, 1.165) is 22.3 Å². The molecule has 0 spiro atoms. The van der Waals surface area contributed by atoms with Gasteiger partial charge in [0, 0.05) is 39.0 Å². The van der Waals surface area contributed by atoms with E-state index in [-0.39, 0.29) is 11.8 Å². The fraction of sp³-hybridized carbons (Fsp3) is 0.235. The van der Waals surface area contributed by atoms with Gasteiger partial charge in [0.05, 0.1) is 0 Å². The van der Waals surface area contributed by atoms with Crippen LogP contribution in [0.3, 0.4) is 0 Å². The zero-order valence-corrected chi connectivity index (χ0v) is 21.9. The van der Waals surface area contributed by atoms with Gasteiger partial charge in [-0.05, 0) is 35.1 Å². The Labute approximate surface area is 226 Å². The van der Waals surface area contributed by atoms with E-state index in [0.29, 0.717) is 51.9 Å².